The van der Waals surface area contributed by atoms with Crippen molar-refractivity contribution in [2.75, 3.05) is 37.6 Å². The lowest BCUT2D eigenvalue weighted by atomic mass is 10.1. The van der Waals surface area contributed by atoms with Crippen LogP contribution in [-0.2, 0) is 6.54 Å². The molecular formula is C23H23ClFN7. The third-order valence-corrected chi connectivity index (χ3v) is 6.02. The Morgan fingerprint density at radius 2 is 1.75 bits per heavy atom. The number of nitrogens with zero attached hydrogens (tertiary/aromatic N) is 7. The molecule has 0 N–H and O–H groups in total. The van der Waals surface area contributed by atoms with Crippen molar-refractivity contribution < 1.29 is 4.39 Å². The van der Waals surface area contributed by atoms with E-state index in [1.807, 2.05) is 18.3 Å². The number of pyridine rings is 1. The van der Waals surface area contributed by atoms with Crippen molar-refractivity contribution >= 4 is 28.2 Å². The van der Waals surface area contributed by atoms with Crippen molar-refractivity contribution in [1.82, 2.24) is 30.1 Å². The summed E-state index contributed by atoms with van der Waals surface area (Å²) in [5.74, 6) is 0.243. The lowest BCUT2D eigenvalue weighted by Gasteiger charge is -2.36. The van der Waals surface area contributed by atoms with Crippen LogP contribution in [0.2, 0.25) is 5.02 Å². The van der Waals surface area contributed by atoms with Gasteiger partial charge in [0, 0.05) is 60.6 Å². The molecule has 9 heteroatoms. The standard InChI is InChI=1S/C23H23ClFN7/c24-18-4-7-20-21(16-18)26-9-8-22(20)31-14-12-30(13-15-31)10-1-11-32-28-23(27-29-32)17-2-5-19(25)6-3-17/h2-9,16H,1,10-15H2. The smallest absolute Gasteiger partial charge is 0.204 e. The van der Waals surface area contributed by atoms with Gasteiger partial charge in [0.2, 0.25) is 5.82 Å². The van der Waals surface area contributed by atoms with Gasteiger partial charge in [0.1, 0.15) is 5.82 Å². The van der Waals surface area contributed by atoms with Crippen LogP contribution < -0.4 is 4.90 Å². The number of hydrogen-bond donors (Lipinski definition) is 0. The highest BCUT2D eigenvalue weighted by atomic mass is 35.5. The fraction of sp³-hybridized carbons (Fsp3) is 0.304. The van der Waals surface area contributed by atoms with Crippen LogP contribution in [0.1, 0.15) is 6.42 Å². The minimum Gasteiger partial charge on any atom is -0.368 e. The van der Waals surface area contributed by atoms with E-state index in [0.29, 0.717) is 17.4 Å². The largest absolute Gasteiger partial charge is 0.368 e. The van der Waals surface area contributed by atoms with E-state index in [1.165, 1.54) is 17.8 Å². The minimum atomic E-state index is -0.275. The topological polar surface area (TPSA) is 63.0 Å². The predicted octanol–water partition coefficient (Wildman–Crippen LogP) is 3.89. The molecule has 164 valence electrons. The molecule has 2 aromatic heterocycles. The van der Waals surface area contributed by atoms with Crippen LogP contribution in [-0.4, -0.2) is 62.8 Å². The summed E-state index contributed by atoms with van der Waals surface area (Å²) in [5.41, 5.74) is 2.91. The Bertz CT molecular complexity index is 1200. The van der Waals surface area contributed by atoms with Crippen LogP contribution in [0.3, 0.4) is 0 Å². The third kappa shape index (κ3) is 4.56. The van der Waals surface area contributed by atoms with Gasteiger partial charge < -0.3 is 4.90 Å². The molecule has 0 atom stereocenters. The molecule has 0 radical (unpaired) electrons. The first-order valence-electron chi connectivity index (χ1n) is 10.7. The normalized spacial score (nSPS) is 14.9. The van der Waals surface area contributed by atoms with Gasteiger partial charge in [0.15, 0.2) is 0 Å². The maximum absolute atomic E-state index is 13.1. The van der Waals surface area contributed by atoms with Gasteiger partial charge in [-0.3, -0.25) is 9.88 Å². The number of tetrazole rings is 1. The molecule has 3 heterocycles. The summed E-state index contributed by atoms with van der Waals surface area (Å²) in [6.07, 6.45) is 2.79. The number of aromatic nitrogens is 5. The van der Waals surface area contributed by atoms with Crippen molar-refractivity contribution in [2.45, 2.75) is 13.0 Å². The summed E-state index contributed by atoms with van der Waals surface area (Å²) in [7, 11) is 0. The zero-order valence-electron chi connectivity index (χ0n) is 17.5. The monoisotopic (exact) mass is 451 g/mol. The predicted molar refractivity (Wildman–Crippen MR) is 123 cm³/mol. The average Bonchev–Trinajstić information content (AvgIpc) is 3.28. The molecule has 2 aromatic carbocycles. The molecule has 5 rings (SSSR count). The second-order valence-corrected chi connectivity index (χ2v) is 8.33. The lowest BCUT2D eigenvalue weighted by molar-refractivity contribution is 0.247. The molecule has 0 amide bonds. The number of aryl methyl sites for hydroxylation is 1. The van der Waals surface area contributed by atoms with Gasteiger partial charge in [-0.2, -0.15) is 4.80 Å². The Balaban J connectivity index is 1.13. The molecule has 0 spiro atoms. The Labute approximate surface area is 190 Å². The van der Waals surface area contributed by atoms with E-state index in [4.69, 9.17) is 11.6 Å². The fourth-order valence-electron chi connectivity index (χ4n) is 4.08. The van der Waals surface area contributed by atoms with Gasteiger partial charge in [-0.15, -0.1) is 10.2 Å². The molecule has 0 unspecified atom stereocenters. The second-order valence-electron chi connectivity index (χ2n) is 7.89. The summed E-state index contributed by atoms with van der Waals surface area (Å²) in [5, 5.41) is 14.5. The first kappa shape index (κ1) is 20.8. The van der Waals surface area contributed by atoms with Crippen LogP contribution in [0.4, 0.5) is 10.1 Å². The number of piperazine rings is 1. The first-order chi connectivity index (χ1) is 15.7. The van der Waals surface area contributed by atoms with E-state index < -0.39 is 0 Å². The molecule has 32 heavy (non-hydrogen) atoms. The summed E-state index contributed by atoms with van der Waals surface area (Å²) in [6, 6.07) is 14.1. The highest BCUT2D eigenvalue weighted by molar-refractivity contribution is 6.31. The molecule has 0 aliphatic carbocycles. The van der Waals surface area contributed by atoms with E-state index >= 15 is 0 Å². The molecule has 7 nitrogen and oxygen atoms in total. The zero-order chi connectivity index (χ0) is 21.9. The Kier molecular flexibility index (Phi) is 5.96. The summed E-state index contributed by atoms with van der Waals surface area (Å²) < 4.78 is 13.1. The molecule has 1 aliphatic heterocycles. The summed E-state index contributed by atoms with van der Waals surface area (Å²) in [4.78, 5) is 10.9. The highest BCUT2D eigenvalue weighted by Gasteiger charge is 2.19. The van der Waals surface area contributed by atoms with Crippen LogP contribution in [0.25, 0.3) is 22.3 Å². The average molecular weight is 452 g/mol. The van der Waals surface area contributed by atoms with E-state index in [1.54, 1.807) is 16.9 Å². The quantitative estimate of drug-likeness (QED) is 0.443. The molecule has 1 fully saturated rings. The van der Waals surface area contributed by atoms with Crippen molar-refractivity contribution in [1.29, 1.82) is 0 Å². The van der Waals surface area contributed by atoms with Crippen molar-refractivity contribution in [3.05, 3.63) is 65.6 Å². The molecule has 0 saturated carbocycles. The number of benzene rings is 2. The summed E-state index contributed by atoms with van der Waals surface area (Å²) in [6.45, 7) is 5.63. The number of hydrogen-bond acceptors (Lipinski definition) is 6. The zero-order valence-corrected chi connectivity index (χ0v) is 18.3. The number of anilines is 1. The van der Waals surface area contributed by atoms with Crippen molar-refractivity contribution in [3.63, 3.8) is 0 Å². The number of rotatable bonds is 6. The van der Waals surface area contributed by atoms with Gasteiger partial charge in [0.05, 0.1) is 12.1 Å². The van der Waals surface area contributed by atoms with Crippen LogP contribution in [0.5, 0.6) is 0 Å². The van der Waals surface area contributed by atoms with E-state index in [-0.39, 0.29) is 5.82 Å². The minimum absolute atomic E-state index is 0.275. The Morgan fingerprint density at radius 1 is 0.938 bits per heavy atom. The second kappa shape index (κ2) is 9.18. The number of fused-ring (bicyclic) bond motifs is 1. The summed E-state index contributed by atoms with van der Waals surface area (Å²) >= 11 is 6.12. The highest BCUT2D eigenvalue weighted by Crippen LogP contribution is 2.28. The van der Waals surface area contributed by atoms with Gasteiger partial charge in [-0.1, -0.05) is 11.6 Å². The molecule has 1 saturated heterocycles. The van der Waals surface area contributed by atoms with Gasteiger partial charge in [-0.25, -0.2) is 4.39 Å². The maximum Gasteiger partial charge on any atom is 0.204 e. The van der Waals surface area contributed by atoms with Crippen LogP contribution in [0, 0.1) is 5.82 Å². The van der Waals surface area contributed by atoms with Crippen LogP contribution in [0.15, 0.2) is 54.7 Å². The Hall–Kier alpha value is -3.10. The van der Waals surface area contributed by atoms with E-state index in [2.05, 4.69) is 42.3 Å². The number of halogens is 2. The first-order valence-corrected chi connectivity index (χ1v) is 11.1. The Morgan fingerprint density at radius 3 is 2.56 bits per heavy atom. The lowest BCUT2D eigenvalue weighted by Crippen LogP contribution is -2.46. The SMILES string of the molecule is Fc1ccc(-c2nnn(CCCN3CCN(c4ccnc5cc(Cl)ccc45)CC3)n2)cc1. The molecule has 1 aliphatic rings. The van der Waals surface area contributed by atoms with E-state index in [0.717, 1.165) is 55.6 Å². The van der Waals surface area contributed by atoms with Gasteiger partial charge in [0.25, 0.3) is 0 Å². The third-order valence-electron chi connectivity index (χ3n) is 5.78. The molecule has 0 bridgehead atoms. The van der Waals surface area contributed by atoms with Gasteiger partial charge >= 0.3 is 0 Å². The van der Waals surface area contributed by atoms with Crippen molar-refractivity contribution in [2.24, 2.45) is 0 Å². The van der Waals surface area contributed by atoms with Gasteiger partial charge in [-0.05, 0) is 60.2 Å². The molecular weight excluding hydrogens is 429 g/mol. The fourth-order valence-corrected chi connectivity index (χ4v) is 4.25. The van der Waals surface area contributed by atoms with Crippen LogP contribution >= 0.6 is 11.6 Å². The van der Waals surface area contributed by atoms with Crippen molar-refractivity contribution in [3.8, 4) is 11.4 Å². The molecule has 4 aromatic rings. The maximum atomic E-state index is 13.1. The van der Waals surface area contributed by atoms with E-state index in [9.17, 15) is 4.39 Å².